The van der Waals surface area contributed by atoms with Crippen molar-refractivity contribution in [1.29, 1.82) is 0 Å². The Morgan fingerprint density at radius 1 is 0.935 bits per heavy atom. The van der Waals surface area contributed by atoms with E-state index in [0.717, 1.165) is 20.0 Å². The van der Waals surface area contributed by atoms with Crippen molar-refractivity contribution < 1.29 is 4.74 Å². The van der Waals surface area contributed by atoms with Crippen molar-refractivity contribution in [2.75, 3.05) is 0 Å². The highest BCUT2D eigenvalue weighted by Gasteiger charge is 2.24. The van der Waals surface area contributed by atoms with Crippen molar-refractivity contribution >= 4 is 56.7 Å². The largest absolute Gasteiger partial charge is 0.454 e. The number of H-pyrrole nitrogens is 1. The molecule has 0 atom stereocenters. The molecule has 5 aromatic rings. The Labute approximate surface area is 201 Å². The molecule has 0 amide bonds. The lowest BCUT2D eigenvalue weighted by Crippen LogP contribution is -2.03. The van der Waals surface area contributed by atoms with Crippen LogP contribution in [0.5, 0.6) is 11.5 Å². The maximum absolute atomic E-state index is 6.37. The number of ether oxygens (including phenoxy) is 1. The monoisotopic (exact) mass is 561 g/mol. The van der Waals surface area contributed by atoms with Crippen molar-refractivity contribution in [3.8, 4) is 23.0 Å². The number of aromatic amines is 1. The molecule has 5 rings (SSSR count). The van der Waals surface area contributed by atoms with Gasteiger partial charge in [0.25, 0.3) is 0 Å². The molecule has 6 nitrogen and oxygen atoms in total. The predicted molar refractivity (Wildman–Crippen MR) is 130 cm³/mol. The summed E-state index contributed by atoms with van der Waals surface area (Å²) in [5.74, 6) is 1.76. The Morgan fingerprint density at radius 2 is 1.68 bits per heavy atom. The topological polar surface area (TPSA) is 68.6 Å². The maximum Gasteiger partial charge on any atom is 0.224 e. The summed E-state index contributed by atoms with van der Waals surface area (Å²) in [6.45, 7) is 0.565. The molecule has 0 bridgehead atoms. The Morgan fingerprint density at radius 3 is 2.39 bits per heavy atom. The molecule has 0 saturated carbocycles. The minimum atomic E-state index is 0.432. The van der Waals surface area contributed by atoms with Crippen LogP contribution in [-0.4, -0.2) is 25.2 Å². The molecule has 0 aliphatic heterocycles. The third-order valence-electron chi connectivity index (χ3n) is 4.82. The summed E-state index contributed by atoms with van der Waals surface area (Å²) in [7, 11) is 0. The molecule has 0 unspecified atom stereocenters. The smallest absolute Gasteiger partial charge is 0.224 e. The molecule has 2 heterocycles. The molecule has 31 heavy (non-hydrogen) atoms. The van der Waals surface area contributed by atoms with Crippen LogP contribution in [0.25, 0.3) is 22.4 Å². The summed E-state index contributed by atoms with van der Waals surface area (Å²) in [4.78, 5) is 0. The molecule has 0 aliphatic rings. The van der Waals surface area contributed by atoms with E-state index in [4.69, 9.17) is 27.9 Å². The fourth-order valence-corrected chi connectivity index (χ4v) is 4.10. The number of nitrogens with one attached hydrogen (secondary N) is 1. The van der Waals surface area contributed by atoms with Crippen LogP contribution >= 0.6 is 45.8 Å². The lowest BCUT2D eigenvalue weighted by Gasteiger charge is -2.11. The molecule has 0 fully saturated rings. The van der Waals surface area contributed by atoms with Crippen LogP contribution in [-0.2, 0) is 6.54 Å². The number of halogens is 3. The quantitative estimate of drug-likeness (QED) is 0.246. The first-order chi connectivity index (χ1) is 15.1. The Hall–Kier alpha value is -2.62. The Balaban J connectivity index is 1.73. The van der Waals surface area contributed by atoms with Gasteiger partial charge in [-0.2, -0.15) is 5.21 Å². The van der Waals surface area contributed by atoms with Crippen molar-refractivity contribution in [3.63, 3.8) is 0 Å². The third-order valence-corrected chi connectivity index (χ3v) is 6.03. The first-order valence-corrected chi connectivity index (χ1v) is 11.2. The highest BCUT2D eigenvalue weighted by molar-refractivity contribution is 14.1. The van der Waals surface area contributed by atoms with Gasteiger partial charge < -0.3 is 9.30 Å². The fourth-order valence-electron chi connectivity index (χ4n) is 3.44. The summed E-state index contributed by atoms with van der Waals surface area (Å²) in [5.41, 5.74) is 2.72. The first kappa shape index (κ1) is 20.3. The summed E-state index contributed by atoms with van der Waals surface area (Å²) in [6, 6.07) is 21.3. The normalized spacial score (nSPS) is 11.2. The van der Waals surface area contributed by atoms with Crippen molar-refractivity contribution in [2.24, 2.45) is 0 Å². The summed E-state index contributed by atoms with van der Waals surface area (Å²) < 4.78 is 9.59. The van der Waals surface area contributed by atoms with Gasteiger partial charge in [0.15, 0.2) is 5.75 Å². The molecule has 2 aromatic heterocycles. The molecule has 0 saturated heterocycles. The molecule has 154 valence electrons. The van der Waals surface area contributed by atoms with Gasteiger partial charge in [0.1, 0.15) is 11.4 Å². The second-order valence-electron chi connectivity index (χ2n) is 6.84. The van der Waals surface area contributed by atoms with Gasteiger partial charge >= 0.3 is 0 Å². The van der Waals surface area contributed by atoms with Crippen molar-refractivity contribution in [2.45, 2.75) is 6.54 Å². The number of fused-ring (bicyclic) bond motifs is 1. The average molecular weight is 562 g/mol. The Bertz CT molecular complexity index is 1350. The fraction of sp³-hybridized carbons (Fsp3) is 0.0455. The molecule has 9 heteroatoms. The van der Waals surface area contributed by atoms with E-state index in [2.05, 4.69) is 47.8 Å². The second kappa shape index (κ2) is 8.49. The van der Waals surface area contributed by atoms with Gasteiger partial charge in [-0.05, 0) is 88.0 Å². The third kappa shape index (κ3) is 4.13. The van der Waals surface area contributed by atoms with Crippen LogP contribution in [0.15, 0.2) is 66.7 Å². The van der Waals surface area contributed by atoms with Crippen LogP contribution in [0.2, 0.25) is 10.0 Å². The Kier molecular flexibility index (Phi) is 5.56. The van der Waals surface area contributed by atoms with Gasteiger partial charge in [0.05, 0.1) is 5.52 Å². The van der Waals surface area contributed by atoms with E-state index in [-0.39, 0.29) is 0 Å². The number of nitrogens with zero attached hydrogens (tertiary/aromatic N) is 4. The van der Waals surface area contributed by atoms with Crippen LogP contribution in [0.1, 0.15) is 5.56 Å². The summed E-state index contributed by atoms with van der Waals surface area (Å²) in [5, 5.41) is 16.9. The zero-order valence-electron chi connectivity index (χ0n) is 15.9. The van der Waals surface area contributed by atoms with Crippen LogP contribution < -0.4 is 4.74 Å². The van der Waals surface area contributed by atoms with E-state index in [1.807, 2.05) is 66.7 Å². The minimum absolute atomic E-state index is 0.432. The van der Waals surface area contributed by atoms with Gasteiger partial charge in [-0.1, -0.05) is 35.3 Å². The SMILES string of the molecule is Clc1ccc(Cn2c(-c3nn[nH]n3)c(Oc3ccc(I)cc3)c3cc(Cl)ccc32)cc1. The number of rotatable bonds is 5. The highest BCUT2D eigenvalue weighted by atomic mass is 127. The molecular formula is C22H14Cl2IN5O. The van der Waals surface area contributed by atoms with E-state index in [0.29, 0.717) is 39.6 Å². The average Bonchev–Trinajstić information content (AvgIpc) is 3.38. The van der Waals surface area contributed by atoms with E-state index >= 15 is 0 Å². The van der Waals surface area contributed by atoms with E-state index < -0.39 is 0 Å². The lowest BCUT2D eigenvalue weighted by atomic mass is 10.2. The van der Waals surface area contributed by atoms with E-state index in [1.165, 1.54) is 0 Å². The highest BCUT2D eigenvalue weighted by Crippen LogP contribution is 2.42. The maximum atomic E-state index is 6.37. The number of tetrazole rings is 1. The molecule has 0 aliphatic carbocycles. The zero-order valence-corrected chi connectivity index (χ0v) is 19.6. The van der Waals surface area contributed by atoms with Gasteiger partial charge in [-0.25, -0.2) is 0 Å². The molecular weight excluding hydrogens is 548 g/mol. The van der Waals surface area contributed by atoms with Crippen LogP contribution in [0, 0.1) is 3.57 Å². The number of hydrogen-bond donors (Lipinski definition) is 1. The zero-order chi connectivity index (χ0) is 21.4. The standard InChI is InChI=1S/C22H14Cl2IN5O/c23-14-3-1-13(2-4-14)12-30-19-10-5-15(24)11-18(19)21(20(30)22-26-28-29-27-22)31-17-8-6-16(25)7-9-17/h1-11H,12H2,(H,26,27,28,29). The van der Waals surface area contributed by atoms with Crippen molar-refractivity contribution in [1.82, 2.24) is 25.2 Å². The molecule has 3 aromatic carbocycles. The summed E-state index contributed by atoms with van der Waals surface area (Å²) in [6.07, 6.45) is 0. The first-order valence-electron chi connectivity index (χ1n) is 9.32. The van der Waals surface area contributed by atoms with E-state index in [1.54, 1.807) is 0 Å². The second-order valence-corrected chi connectivity index (χ2v) is 8.96. The van der Waals surface area contributed by atoms with Gasteiger partial charge in [-0.3, -0.25) is 0 Å². The number of hydrogen-bond acceptors (Lipinski definition) is 4. The molecule has 0 radical (unpaired) electrons. The van der Waals surface area contributed by atoms with Crippen LogP contribution in [0.3, 0.4) is 0 Å². The summed E-state index contributed by atoms with van der Waals surface area (Å²) >= 11 is 14.7. The number of aromatic nitrogens is 5. The molecule has 0 spiro atoms. The minimum Gasteiger partial charge on any atom is -0.454 e. The lowest BCUT2D eigenvalue weighted by molar-refractivity contribution is 0.487. The van der Waals surface area contributed by atoms with E-state index in [9.17, 15) is 0 Å². The molecule has 1 N–H and O–H groups in total. The predicted octanol–water partition coefficient (Wildman–Crippen LogP) is 6.57. The van der Waals surface area contributed by atoms with Gasteiger partial charge in [-0.15, -0.1) is 10.2 Å². The van der Waals surface area contributed by atoms with Crippen LogP contribution in [0.4, 0.5) is 0 Å². The number of benzene rings is 3. The van der Waals surface area contributed by atoms with Gasteiger partial charge in [0.2, 0.25) is 5.82 Å². The van der Waals surface area contributed by atoms with Gasteiger partial charge in [0, 0.05) is 25.5 Å². The van der Waals surface area contributed by atoms with Crippen molar-refractivity contribution in [3.05, 3.63) is 85.9 Å².